The Labute approximate surface area is 61.4 Å². The number of hydrogen-bond donors (Lipinski definition) is 0. The van der Waals surface area contributed by atoms with E-state index in [1.54, 1.807) is 12.8 Å². The number of fused-ring (bicyclic) bond motifs is 4. The third-order valence-electron chi connectivity index (χ3n) is 4.68. The van der Waals surface area contributed by atoms with Gasteiger partial charge < -0.3 is 0 Å². The fourth-order valence-electron chi connectivity index (χ4n) is 4.43. The molecule has 2 saturated heterocycles. The average Bonchev–Trinajstić information content (AvgIpc) is 2.54. The molecule has 2 saturated carbocycles. The summed E-state index contributed by atoms with van der Waals surface area (Å²) in [6.45, 7) is 2.97. The molecule has 2 aliphatic carbocycles. The van der Waals surface area contributed by atoms with E-state index in [1.165, 1.54) is 30.8 Å². The van der Waals surface area contributed by atoms with Gasteiger partial charge in [-0.1, -0.05) is 0 Å². The Morgan fingerprint density at radius 3 is 2.50 bits per heavy atom. The predicted molar refractivity (Wildman–Crippen MR) is 38.6 cm³/mol. The van der Waals surface area contributed by atoms with E-state index in [-0.39, 0.29) is 0 Å². The van der Waals surface area contributed by atoms with Crippen molar-refractivity contribution in [2.24, 2.45) is 23.7 Å². The largest absolute Gasteiger partial charge is 0.299 e. The van der Waals surface area contributed by atoms with Crippen LogP contribution in [0.2, 0.25) is 0 Å². The van der Waals surface area contributed by atoms with E-state index in [2.05, 4.69) is 4.90 Å². The molecule has 1 nitrogen and oxygen atoms in total. The van der Waals surface area contributed by atoms with Crippen LogP contribution in [0.15, 0.2) is 0 Å². The van der Waals surface area contributed by atoms with Crippen molar-refractivity contribution in [2.75, 3.05) is 13.1 Å². The highest BCUT2D eigenvalue weighted by atomic mass is 15.3. The lowest BCUT2D eigenvalue weighted by Crippen LogP contribution is -2.40. The van der Waals surface area contributed by atoms with E-state index in [0.717, 1.165) is 12.0 Å². The molecule has 0 spiro atoms. The first-order valence-electron chi connectivity index (χ1n) is 4.67. The van der Waals surface area contributed by atoms with Crippen molar-refractivity contribution < 1.29 is 0 Å². The maximum Gasteiger partial charge on any atom is 0.0130 e. The van der Waals surface area contributed by atoms with Gasteiger partial charge in [0.05, 0.1) is 0 Å². The summed E-state index contributed by atoms with van der Waals surface area (Å²) in [5, 5.41) is 0. The van der Waals surface area contributed by atoms with E-state index in [4.69, 9.17) is 0 Å². The van der Waals surface area contributed by atoms with E-state index in [1.807, 2.05) is 0 Å². The van der Waals surface area contributed by atoms with Crippen molar-refractivity contribution in [3.8, 4) is 0 Å². The molecule has 0 amide bonds. The predicted octanol–water partition coefficient (Wildman–Crippen LogP) is 0.956. The van der Waals surface area contributed by atoms with Crippen LogP contribution in [0.5, 0.6) is 0 Å². The van der Waals surface area contributed by atoms with Gasteiger partial charge in [-0.05, 0) is 36.5 Å². The monoisotopic (exact) mass is 135 g/mol. The van der Waals surface area contributed by atoms with Crippen molar-refractivity contribution in [1.29, 1.82) is 0 Å². The fourth-order valence-corrected chi connectivity index (χ4v) is 4.43. The van der Waals surface area contributed by atoms with Crippen molar-refractivity contribution in [1.82, 2.24) is 4.90 Å². The smallest absolute Gasteiger partial charge is 0.0130 e. The van der Waals surface area contributed by atoms with Gasteiger partial charge in [-0.15, -0.1) is 0 Å². The molecule has 2 aliphatic heterocycles. The van der Waals surface area contributed by atoms with Crippen LogP contribution in [-0.2, 0) is 0 Å². The zero-order chi connectivity index (χ0) is 6.29. The minimum absolute atomic E-state index is 1.07. The summed E-state index contributed by atoms with van der Waals surface area (Å²) in [5.74, 6) is 4.68. The Morgan fingerprint density at radius 2 is 1.80 bits per heavy atom. The second kappa shape index (κ2) is 1.18. The zero-order valence-corrected chi connectivity index (χ0v) is 6.16. The second-order valence-corrected chi connectivity index (χ2v) is 4.74. The quantitative estimate of drug-likeness (QED) is 0.478. The Balaban J connectivity index is 1.98. The average molecular weight is 135 g/mol. The zero-order valence-electron chi connectivity index (χ0n) is 6.16. The number of piperidine rings is 2. The van der Waals surface area contributed by atoms with Crippen LogP contribution in [0, 0.1) is 23.7 Å². The summed E-state index contributed by atoms with van der Waals surface area (Å²) in [7, 11) is 0. The number of rotatable bonds is 0. The van der Waals surface area contributed by atoms with Gasteiger partial charge in [-0.3, -0.25) is 4.90 Å². The highest BCUT2D eigenvalue weighted by Crippen LogP contribution is 2.62. The Bertz CT molecular complexity index is 161. The van der Waals surface area contributed by atoms with Gasteiger partial charge in [0.25, 0.3) is 0 Å². The highest BCUT2D eigenvalue weighted by Gasteiger charge is 2.63. The van der Waals surface area contributed by atoms with E-state index in [9.17, 15) is 0 Å². The van der Waals surface area contributed by atoms with Crippen LogP contribution in [-0.4, -0.2) is 24.0 Å². The minimum atomic E-state index is 1.07. The second-order valence-electron chi connectivity index (χ2n) is 4.74. The molecule has 6 unspecified atom stereocenters. The molecule has 6 atom stereocenters. The molecule has 54 valence electrons. The van der Waals surface area contributed by atoms with Crippen molar-refractivity contribution >= 4 is 0 Å². The van der Waals surface area contributed by atoms with Crippen LogP contribution in [0.3, 0.4) is 0 Å². The summed E-state index contributed by atoms with van der Waals surface area (Å²) >= 11 is 0. The van der Waals surface area contributed by atoms with Gasteiger partial charge in [0.15, 0.2) is 0 Å². The maximum atomic E-state index is 2.77. The van der Waals surface area contributed by atoms with Crippen LogP contribution in [0.4, 0.5) is 0 Å². The summed E-state index contributed by atoms with van der Waals surface area (Å²) in [5.41, 5.74) is 0. The van der Waals surface area contributed by atoms with Crippen LogP contribution >= 0.6 is 0 Å². The Morgan fingerprint density at radius 1 is 0.900 bits per heavy atom. The van der Waals surface area contributed by atoms with Crippen LogP contribution in [0.25, 0.3) is 0 Å². The SMILES string of the molecule is C1C2CC3C1C1CN3CC21. The molecule has 1 heteroatoms. The normalized spacial score (nSPS) is 74.4. The summed E-state index contributed by atoms with van der Waals surface area (Å²) in [6, 6.07) is 1.07. The number of nitrogens with zero attached hydrogens (tertiary/aromatic N) is 1. The lowest BCUT2D eigenvalue weighted by molar-refractivity contribution is 0.131. The lowest BCUT2D eigenvalue weighted by Gasteiger charge is -2.35. The minimum Gasteiger partial charge on any atom is -0.299 e. The van der Waals surface area contributed by atoms with Crippen LogP contribution < -0.4 is 0 Å². The lowest BCUT2D eigenvalue weighted by atomic mass is 9.79. The molecular weight excluding hydrogens is 122 g/mol. The van der Waals surface area contributed by atoms with E-state index in [0.29, 0.717) is 0 Å². The van der Waals surface area contributed by atoms with Crippen molar-refractivity contribution in [3.63, 3.8) is 0 Å². The summed E-state index contributed by atoms with van der Waals surface area (Å²) in [6.07, 6.45) is 3.18. The van der Waals surface area contributed by atoms with Gasteiger partial charge >= 0.3 is 0 Å². The molecule has 4 bridgehead atoms. The topological polar surface area (TPSA) is 3.24 Å². The van der Waals surface area contributed by atoms with Gasteiger partial charge in [0.2, 0.25) is 0 Å². The number of hydrogen-bond acceptors (Lipinski definition) is 1. The maximum absolute atomic E-state index is 2.77. The fraction of sp³-hybridized carbons (Fsp3) is 1.00. The third-order valence-corrected chi connectivity index (χ3v) is 4.68. The van der Waals surface area contributed by atoms with Gasteiger partial charge in [0.1, 0.15) is 0 Å². The molecule has 0 aromatic heterocycles. The van der Waals surface area contributed by atoms with E-state index < -0.39 is 0 Å². The first-order chi connectivity index (χ1) is 4.93. The summed E-state index contributed by atoms with van der Waals surface area (Å²) in [4.78, 5) is 2.77. The Hall–Kier alpha value is -0.0400. The summed E-state index contributed by atoms with van der Waals surface area (Å²) < 4.78 is 0. The standard InChI is InChI=1S/C9H13N/c1-5-2-9-6(1)8-4-10(9)3-7(5)8/h5-9H,1-4H2. The molecule has 10 heavy (non-hydrogen) atoms. The third kappa shape index (κ3) is 0.298. The first-order valence-corrected chi connectivity index (χ1v) is 4.67. The van der Waals surface area contributed by atoms with Crippen LogP contribution in [0.1, 0.15) is 12.8 Å². The molecule has 0 aromatic rings. The van der Waals surface area contributed by atoms with E-state index >= 15 is 0 Å². The molecule has 0 aromatic carbocycles. The van der Waals surface area contributed by atoms with Gasteiger partial charge in [-0.2, -0.15) is 0 Å². The first kappa shape index (κ1) is 4.76. The Kier molecular flexibility index (Phi) is 0.560. The molecule has 4 rings (SSSR count). The molecule has 4 fully saturated rings. The van der Waals surface area contributed by atoms with Gasteiger partial charge in [0, 0.05) is 19.1 Å². The van der Waals surface area contributed by atoms with Gasteiger partial charge in [-0.25, -0.2) is 0 Å². The molecule has 4 aliphatic rings. The molecule has 0 N–H and O–H groups in total. The molecular formula is C9H13N. The van der Waals surface area contributed by atoms with Crippen molar-refractivity contribution in [3.05, 3.63) is 0 Å². The molecule has 0 radical (unpaired) electrons. The highest BCUT2D eigenvalue weighted by molar-refractivity contribution is 5.15. The molecule has 2 heterocycles. The van der Waals surface area contributed by atoms with Crippen molar-refractivity contribution in [2.45, 2.75) is 18.9 Å².